The molecule has 0 atom stereocenters. The highest BCUT2D eigenvalue weighted by Gasteiger charge is 2.11. The fourth-order valence-electron chi connectivity index (χ4n) is 1.54. The van der Waals surface area contributed by atoms with Crippen molar-refractivity contribution in [3.8, 4) is 0 Å². The van der Waals surface area contributed by atoms with Gasteiger partial charge in [-0.1, -0.05) is 24.3 Å². The summed E-state index contributed by atoms with van der Waals surface area (Å²) in [6, 6.07) is 7.90. The highest BCUT2D eigenvalue weighted by molar-refractivity contribution is 5.72. The van der Waals surface area contributed by atoms with Crippen molar-refractivity contribution in [2.24, 2.45) is 5.73 Å². The quantitative estimate of drug-likeness (QED) is 0.787. The molecule has 0 bridgehead atoms. The highest BCUT2D eigenvalue weighted by atomic mass is 16.5. The van der Waals surface area contributed by atoms with E-state index in [9.17, 15) is 4.79 Å². The van der Waals surface area contributed by atoms with E-state index < -0.39 is 0 Å². The van der Waals surface area contributed by atoms with Crippen LogP contribution in [-0.4, -0.2) is 18.6 Å². The normalized spacial score (nSPS) is 11.2. The summed E-state index contributed by atoms with van der Waals surface area (Å²) >= 11 is 0. The number of methoxy groups -OCH3 is 1. The summed E-state index contributed by atoms with van der Waals surface area (Å²) in [6.07, 6.45) is 1.15. The Morgan fingerprint density at radius 1 is 1.25 bits per heavy atom. The summed E-state index contributed by atoms with van der Waals surface area (Å²) in [5.41, 5.74) is 7.87. The van der Waals surface area contributed by atoms with Gasteiger partial charge in [0.1, 0.15) is 0 Å². The van der Waals surface area contributed by atoms with Crippen molar-refractivity contribution in [3.63, 3.8) is 0 Å². The Balaban J connectivity index is 2.64. The minimum atomic E-state index is -0.216. The van der Waals surface area contributed by atoms with Crippen LogP contribution in [0, 0.1) is 0 Å². The number of ether oxygens (including phenoxy) is 1. The van der Waals surface area contributed by atoms with Crippen molar-refractivity contribution in [2.45, 2.75) is 32.2 Å². The Bertz CT molecular complexity index is 349. The van der Waals surface area contributed by atoms with Crippen molar-refractivity contribution < 1.29 is 9.53 Å². The van der Waals surface area contributed by atoms with Gasteiger partial charge in [0.05, 0.1) is 13.5 Å². The second-order valence-electron chi connectivity index (χ2n) is 4.73. The molecule has 0 heterocycles. The van der Waals surface area contributed by atoms with Crippen molar-refractivity contribution in [1.29, 1.82) is 0 Å². The predicted molar refractivity (Wildman–Crippen MR) is 64.1 cm³/mol. The van der Waals surface area contributed by atoms with Crippen molar-refractivity contribution >= 4 is 5.97 Å². The Hall–Kier alpha value is -1.35. The van der Waals surface area contributed by atoms with Crippen molar-refractivity contribution in [1.82, 2.24) is 0 Å². The first-order chi connectivity index (χ1) is 7.40. The lowest BCUT2D eigenvalue weighted by Crippen LogP contribution is -2.34. The van der Waals surface area contributed by atoms with Crippen LogP contribution in [0.2, 0.25) is 0 Å². The Labute approximate surface area is 96.6 Å². The van der Waals surface area contributed by atoms with Crippen LogP contribution >= 0.6 is 0 Å². The van der Waals surface area contributed by atoms with Crippen LogP contribution in [0.5, 0.6) is 0 Å². The number of rotatable bonds is 4. The molecule has 3 heteroatoms. The van der Waals surface area contributed by atoms with E-state index in [0.717, 1.165) is 12.0 Å². The number of esters is 1. The fourth-order valence-corrected chi connectivity index (χ4v) is 1.54. The Morgan fingerprint density at radius 3 is 2.19 bits per heavy atom. The summed E-state index contributed by atoms with van der Waals surface area (Å²) in [5.74, 6) is -0.216. The third-order valence-electron chi connectivity index (χ3n) is 2.26. The molecule has 1 aromatic carbocycles. The van der Waals surface area contributed by atoms with Gasteiger partial charge < -0.3 is 10.5 Å². The van der Waals surface area contributed by atoms with Crippen molar-refractivity contribution in [3.05, 3.63) is 35.4 Å². The molecule has 0 radical (unpaired) electrons. The van der Waals surface area contributed by atoms with Crippen LogP contribution in [0.3, 0.4) is 0 Å². The van der Waals surface area contributed by atoms with Gasteiger partial charge in [-0.25, -0.2) is 0 Å². The summed E-state index contributed by atoms with van der Waals surface area (Å²) in [6.45, 7) is 3.99. The van der Waals surface area contributed by atoms with Gasteiger partial charge in [-0.15, -0.1) is 0 Å². The molecule has 3 nitrogen and oxygen atoms in total. The molecule has 0 unspecified atom stereocenters. The number of carbonyl (C=O) groups excluding carboxylic acids is 1. The van der Waals surface area contributed by atoms with Gasteiger partial charge in [0.2, 0.25) is 0 Å². The van der Waals surface area contributed by atoms with Crippen LogP contribution in [0.1, 0.15) is 25.0 Å². The molecule has 1 aromatic rings. The lowest BCUT2D eigenvalue weighted by atomic mass is 9.95. The molecular formula is C13H19NO2. The number of hydrogen-bond donors (Lipinski definition) is 1. The average Bonchev–Trinajstić information content (AvgIpc) is 2.18. The molecule has 1 rings (SSSR count). The molecule has 16 heavy (non-hydrogen) atoms. The molecule has 0 aliphatic carbocycles. The first kappa shape index (κ1) is 12.7. The number of benzene rings is 1. The zero-order valence-corrected chi connectivity index (χ0v) is 10.1. The van der Waals surface area contributed by atoms with Gasteiger partial charge in [-0.2, -0.15) is 0 Å². The van der Waals surface area contributed by atoms with Gasteiger partial charge in [0, 0.05) is 5.54 Å². The monoisotopic (exact) mass is 221 g/mol. The second-order valence-corrected chi connectivity index (χ2v) is 4.73. The maximum Gasteiger partial charge on any atom is 0.309 e. The highest BCUT2D eigenvalue weighted by Crippen LogP contribution is 2.11. The number of carbonyl (C=O) groups is 1. The van der Waals surface area contributed by atoms with E-state index in [1.807, 2.05) is 38.1 Å². The fraction of sp³-hybridized carbons (Fsp3) is 0.462. The molecular weight excluding hydrogens is 202 g/mol. The molecule has 0 fully saturated rings. The molecule has 88 valence electrons. The van der Waals surface area contributed by atoms with Gasteiger partial charge in [0.25, 0.3) is 0 Å². The molecule has 0 spiro atoms. The van der Waals surface area contributed by atoms with Crippen LogP contribution < -0.4 is 5.73 Å². The van der Waals surface area contributed by atoms with E-state index in [1.54, 1.807) is 0 Å². The SMILES string of the molecule is COC(=O)Cc1ccc(CC(C)(C)N)cc1. The third-order valence-corrected chi connectivity index (χ3v) is 2.26. The van der Waals surface area contributed by atoms with E-state index >= 15 is 0 Å². The third kappa shape index (κ3) is 4.45. The van der Waals surface area contributed by atoms with Crippen LogP contribution in [0.4, 0.5) is 0 Å². The zero-order valence-electron chi connectivity index (χ0n) is 10.1. The molecule has 0 saturated heterocycles. The topological polar surface area (TPSA) is 52.3 Å². The Kier molecular flexibility index (Phi) is 4.07. The smallest absolute Gasteiger partial charge is 0.309 e. The first-order valence-corrected chi connectivity index (χ1v) is 5.34. The lowest BCUT2D eigenvalue weighted by Gasteiger charge is -2.18. The summed E-state index contributed by atoms with van der Waals surface area (Å²) in [7, 11) is 1.40. The molecule has 2 N–H and O–H groups in total. The van der Waals surface area contributed by atoms with Gasteiger partial charge >= 0.3 is 5.97 Å². The van der Waals surface area contributed by atoms with E-state index in [1.165, 1.54) is 12.7 Å². The Morgan fingerprint density at radius 2 is 1.75 bits per heavy atom. The molecule has 0 saturated carbocycles. The van der Waals surface area contributed by atoms with Crippen LogP contribution in [-0.2, 0) is 22.4 Å². The summed E-state index contributed by atoms with van der Waals surface area (Å²) in [4.78, 5) is 11.1. The van der Waals surface area contributed by atoms with E-state index in [2.05, 4.69) is 4.74 Å². The molecule has 0 aromatic heterocycles. The van der Waals surface area contributed by atoms with Gasteiger partial charge in [-0.3, -0.25) is 4.79 Å². The number of hydrogen-bond acceptors (Lipinski definition) is 3. The zero-order chi connectivity index (χ0) is 12.2. The maximum atomic E-state index is 11.1. The molecule has 0 aliphatic rings. The molecule has 0 aliphatic heterocycles. The predicted octanol–water partition coefficient (Wildman–Crippen LogP) is 1.68. The second kappa shape index (κ2) is 5.12. The van der Waals surface area contributed by atoms with Crippen LogP contribution in [0.25, 0.3) is 0 Å². The average molecular weight is 221 g/mol. The standard InChI is InChI=1S/C13H19NO2/c1-13(2,14)9-11-6-4-10(5-7-11)8-12(15)16-3/h4-7H,8-9,14H2,1-3H3. The largest absolute Gasteiger partial charge is 0.469 e. The van der Waals surface area contributed by atoms with Gasteiger partial charge in [0.15, 0.2) is 0 Å². The van der Waals surface area contributed by atoms with Crippen LogP contribution in [0.15, 0.2) is 24.3 Å². The first-order valence-electron chi connectivity index (χ1n) is 5.34. The van der Waals surface area contributed by atoms with Crippen molar-refractivity contribution in [2.75, 3.05) is 7.11 Å². The number of nitrogens with two attached hydrogens (primary N) is 1. The minimum absolute atomic E-state index is 0.204. The summed E-state index contributed by atoms with van der Waals surface area (Å²) < 4.78 is 4.61. The van der Waals surface area contributed by atoms with Gasteiger partial charge in [-0.05, 0) is 31.4 Å². The van der Waals surface area contributed by atoms with E-state index in [-0.39, 0.29) is 11.5 Å². The van der Waals surface area contributed by atoms with E-state index in [4.69, 9.17) is 5.73 Å². The minimum Gasteiger partial charge on any atom is -0.469 e. The lowest BCUT2D eigenvalue weighted by molar-refractivity contribution is -0.139. The molecule has 0 amide bonds. The summed E-state index contributed by atoms with van der Waals surface area (Å²) in [5, 5.41) is 0. The maximum absolute atomic E-state index is 11.1. The van der Waals surface area contributed by atoms with E-state index in [0.29, 0.717) is 6.42 Å².